The third-order valence-corrected chi connectivity index (χ3v) is 1.92. The van der Waals surface area contributed by atoms with Crippen molar-refractivity contribution in [2.24, 2.45) is 0 Å². The topological polar surface area (TPSA) is 52.6 Å². The Balaban J connectivity index is 0. The van der Waals surface area contributed by atoms with Gasteiger partial charge in [-0.2, -0.15) is 0 Å². The molecule has 4 heteroatoms. The molecule has 0 aliphatic rings. The zero-order chi connectivity index (χ0) is 12.8. The largest absolute Gasteiger partial charge is 0.469 e. The van der Waals surface area contributed by atoms with Crippen LogP contribution in [0.5, 0.6) is 0 Å². The van der Waals surface area contributed by atoms with Gasteiger partial charge in [0.15, 0.2) is 0 Å². The van der Waals surface area contributed by atoms with Crippen molar-refractivity contribution in [1.82, 2.24) is 0 Å². The van der Waals surface area contributed by atoms with Gasteiger partial charge in [-0.1, -0.05) is 26.7 Å². The maximum absolute atomic E-state index is 10.3. The van der Waals surface area contributed by atoms with Crippen molar-refractivity contribution < 1.29 is 19.1 Å². The molecule has 16 heavy (non-hydrogen) atoms. The molecular weight excluding hydrogens is 208 g/mol. The normalized spacial score (nSPS) is 8.75. The Labute approximate surface area is 98.3 Å². The van der Waals surface area contributed by atoms with Gasteiger partial charge >= 0.3 is 11.9 Å². The number of esters is 2. The van der Waals surface area contributed by atoms with Crippen molar-refractivity contribution in [3.05, 3.63) is 0 Å². The second-order valence-electron chi connectivity index (χ2n) is 3.36. The van der Waals surface area contributed by atoms with Crippen molar-refractivity contribution in [1.29, 1.82) is 0 Å². The van der Waals surface area contributed by atoms with Gasteiger partial charge in [0.25, 0.3) is 0 Å². The molecule has 0 aromatic heterocycles. The second kappa shape index (κ2) is 13.9. The van der Waals surface area contributed by atoms with E-state index < -0.39 is 0 Å². The Bertz CT molecular complexity index is 158. The lowest BCUT2D eigenvalue weighted by Gasteiger charge is -1.93. The number of hydrogen-bond donors (Lipinski definition) is 0. The molecule has 0 saturated carbocycles. The summed E-state index contributed by atoms with van der Waals surface area (Å²) in [6.07, 6.45) is 5.10. The first kappa shape index (κ1) is 17.3. The summed E-state index contributed by atoms with van der Waals surface area (Å²) in [5, 5.41) is 0. The highest BCUT2D eigenvalue weighted by Gasteiger charge is 1.95. The van der Waals surface area contributed by atoms with Crippen LogP contribution in [0.25, 0.3) is 0 Å². The quantitative estimate of drug-likeness (QED) is 0.661. The van der Waals surface area contributed by atoms with Gasteiger partial charge in [-0.25, -0.2) is 0 Å². The molecule has 0 rings (SSSR count). The van der Waals surface area contributed by atoms with Gasteiger partial charge in [0.05, 0.1) is 14.2 Å². The molecule has 0 atom stereocenters. The number of unbranched alkanes of at least 4 members (excludes halogenated alkanes) is 2. The molecule has 0 aromatic carbocycles. The monoisotopic (exact) mass is 232 g/mol. The summed E-state index contributed by atoms with van der Waals surface area (Å²) in [4.78, 5) is 20.7. The van der Waals surface area contributed by atoms with Crippen LogP contribution in [0.15, 0.2) is 0 Å². The third kappa shape index (κ3) is 15.4. The van der Waals surface area contributed by atoms with Gasteiger partial charge < -0.3 is 9.47 Å². The Morgan fingerprint density at radius 3 is 1.31 bits per heavy atom. The minimum atomic E-state index is -0.105. The van der Waals surface area contributed by atoms with Crippen LogP contribution >= 0.6 is 0 Å². The third-order valence-electron chi connectivity index (χ3n) is 1.92. The second-order valence-corrected chi connectivity index (χ2v) is 3.36. The molecule has 0 unspecified atom stereocenters. The van der Waals surface area contributed by atoms with Gasteiger partial charge in [-0.15, -0.1) is 0 Å². The fraction of sp³-hybridized carbons (Fsp3) is 0.833. The molecule has 0 fully saturated rings. The molecule has 0 radical (unpaired) electrons. The van der Waals surface area contributed by atoms with Crippen molar-refractivity contribution in [2.75, 3.05) is 14.2 Å². The van der Waals surface area contributed by atoms with E-state index in [0.717, 1.165) is 25.7 Å². The zero-order valence-electron chi connectivity index (χ0n) is 10.9. The standard InChI is InChI=1S/2C6H12O2/c2*1-3-4-5-6(7)8-2/h2*3-5H2,1-2H3. The number of rotatable bonds is 6. The summed E-state index contributed by atoms with van der Waals surface area (Å²) in [5.41, 5.74) is 0. The fourth-order valence-electron chi connectivity index (χ4n) is 0.846. The van der Waals surface area contributed by atoms with Crippen LogP contribution in [0.4, 0.5) is 0 Å². The molecule has 0 aromatic rings. The number of methoxy groups -OCH3 is 2. The summed E-state index contributed by atoms with van der Waals surface area (Å²) in [5.74, 6) is -0.210. The molecule has 0 saturated heterocycles. The maximum Gasteiger partial charge on any atom is 0.305 e. The first-order chi connectivity index (χ1) is 7.62. The lowest BCUT2D eigenvalue weighted by Crippen LogP contribution is -1.98. The van der Waals surface area contributed by atoms with Gasteiger partial charge in [0, 0.05) is 12.8 Å². The Hall–Kier alpha value is -1.06. The molecule has 0 amide bonds. The molecule has 0 aliphatic heterocycles. The van der Waals surface area contributed by atoms with E-state index >= 15 is 0 Å². The van der Waals surface area contributed by atoms with Crippen molar-refractivity contribution in [3.8, 4) is 0 Å². The summed E-state index contributed by atoms with van der Waals surface area (Å²) >= 11 is 0. The van der Waals surface area contributed by atoms with Crippen molar-refractivity contribution in [2.45, 2.75) is 52.4 Å². The lowest BCUT2D eigenvalue weighted by atomic mass is 10.3. The van der Waals surface area contributed by atoms with Crippen LogP contribution in [0, 0.1) is 0 Å². The molecular formula is C12H24O4. The Morgan fingerprint density at radius 2 is 1.12 bits per heavy atom. The average Bonchev–Trinajstić information content (AvgIpc) is 2.33. The highest BCUT2D eigenvalue weighted by atomic mass is 16.5. The van der Waals surface area contributed by atoms with Gasteiger partial charge in [0.1, 0.15) is 0 Å². The highest BCUT2D eigenvalue weighted by molar-refractivity contribution is 5.69. The molecule has 0 aliphatic carbocycles. The minimum Gasteiger partial charge on any atom is -0.469 e. The van der Waals surface area contributed by atoms with Crippen LogP contribution in [-0.4, -0.2) is 26.2 Å². The van der Waals surface area contributed by atoms with E-state index in [1.807, 2.05) is 13.8 Å². The molecule has 4 nitrogen and oxygen atoms in total. The van der Waals surface area contributed by atoms with E-state index in [0.29, 0.717) is 12.8 Å². The predicted octanol–water partition coefficient (Wildman–Crippen LogP) is 2.70. The van der Waals surface area contributed by atoms with Gasteiger partial charge in [-0.05, 0) is 12.8 Å². The molecule has 0 heterocycles. The average molecular weight is 232 g/mol. The summed E-state index contributed by atoms with van der Waals surface area (Å²) < 4.78 is 8.83. The van der Waals surface area contributed by atoms with E-state index in [1.54, 1.807) is 0 Å². The highest BCUT2D eigenvalue weighted by Crippen LogP contribution is 1.94. The SMILES string of the molecule is CCCCC(=O)OC.CCCCC(=O)OC. The Morgan fingerprint density at radius 1 is 0.812 bits per heavy atom. The molecule has 0 bridgehead atoms. The van der Waals surface area contributed by atoms with Crippen LogP contribution < -0.4 is 0 Å². The summed E-state index contributed by atoms with van der Waals surface area (Å²) in [6.45, 7) is 4.09. The van der Waals surface area contributed by atoms with E-state index in [9.17, 15) is 9.59 Å². The number of hydrogen-bond acceptors (Lipinski definition) is 4. The van der Waals surface area contributed by atoms with Crippen LogP contribution in [-0.2, 0) is 19.1 Å². The van der Waals surface area contributed by atoms with Crippen molar-refractivity contribution in [3.63, 3.8) is 0 Å². The maximum atomic E-state index is 10.3. The smallest absolute Gasteiger partial charge is 0.305 e. The predicted molar refractivity (Wildman–Crippen MR) is 63.1 cm³/mol. The van der Waals surface area contributed by atoms with Crippen LogP contribution in [0.3, 0.4) is 0 Å². The van der Waals surface area contributed by atoms with E-state index in [2.05, 4.69) is 9.47 Å². The van der Waals surface area contributed by atoms with Crippen LogP contribution in [0.1, 0.15) is 52.4 Å². The summed E-state index contributed by atoms with van der Waals surface area (Å²) in [6, 6.07) is 0. The zero-order valence-corrected chi connectivity index (χ0v) is 10.9. The number of carbonyl (C=O) groups excluding carboxylic acids is 2. The summed E-state index contributed by atoms with van der Waals surface area (Å²) in [7, 11) is 2.83. The number of ether oxygens (including phenoxy) is 2. The van der Waals surface area contributed by atoms with Gasteiger partial charge in [0.2, 0.25) is 0 Å². The fourth-order valence-corrected chi connectivity index (χ4v) is 0.846. The first-order valence-electron chi connectivity index (χ1n) is 5.75. The minimum absolute atomic E-state index is 0.105. The first-order valence-corrected chi connectivity index (χ1v) is 5.75. The van der Waals surface area contributed by atoms with Crippen LogP contribution in [0.2, 0.25) is 0 Å². The van der Waals surface area contributed by atoms with E-state index in [4.69, 9.17) is 0 Å². The molecule has 96 valence electrons. The molecule has 0 spiro atoms. The Kier molecular flexibility index (Phi) is 15.1. The van der Waals surface area contributed by atoms with Gasteiger partial charge in [-0.3, -0.25) is 9.59 Å². The van der Waals surface area contributed by atoms with E-state index in [-0.39, 0.29) is 11.9 Å². The molecule has 0 N–H and O–H groups in total. The number of carbonyl (C=O) groups is 2. The van der Waals surface area contributed by atoms with Crippen molar-refractivity contribution >= 4 is 11.9 Å². The lowest BCUT2D eigenvalue weighted by molar-refractivity contribution is -0.141. The van der Waals surface area contributed by atoms with E-state index in [1.165, 1.54) is 14.2 Å².